The Morgan fingerprint density at radius 3 is 2.79 bits per heavy atom. The molecule has 3 nitrogen and oxygen atoms in total. The Balaban J connectivity index is 2.58. The van der Waals surface area contributed by atoms with E-state index in [1.165, 1.54) is 12.3 Å². The monoisotopic (exact) mass is 206 g/mol. The lowest BCUT2D eigenvalue weighted by Gasteiger charge is -2.14. The number of aliphatic hydroxyl groups excluding tert-OH is 1. The van der Waals surface area contributed by atoms with Crippen LogP contribution in [-0.4, -0.2) is 29.2 Å². The second kappa shape index (κ2) is 4.28. The van der Waals surface area contributed by atoms with E-state index in [4.69, 9.17) is 5.11 Å². The normalized spacial score (nSPS) is 11.4. The van der Waals surface area contributed by atoms with Crippen LogP contribution >= 0.6 is 0 Å². The summed E-state index contributed by atoms with van der Waals surface area (Å²) < 4.78 is 37.9. The molecule has 0 radical (unpaired) electrons. The number of alkyl halides is 2. The van der Waals surface area contributed by atoms with Crippen molar-refractivity contribution in [1.29, 1.82) is 0 Å². The fraction of sp³-hybridized carbons (Fsp3) is 0.375. The molecule has 1 aromatic heterocycles. The van der Waals surface area contributed by atoms with E-state index in [1.807, 2.05) is 0 Å². The van der Waals surface area contributed by atoms with Gasteiger partial charge in [0.25, 0.3) is 5.92 Å². The zero-order valence-electron chi connectivity index (χ0n) is 7.17. The Morgan fingerprint density at radius 1 is 1.50 bits per heavy atom. The van der Waals surface area contributed by atoms with Crippen molar-refractivity contribution in [3.63, 3.8) is 0 Å². The first-order valence-corrected chi connectivity index (χ1v) is 3.87. The van der Waals surface area contributed by atoms with Crippen molar-refractivity contribution in [2.24, 2.45) is 0 Å². The van der Waals surface area contributed by atoms with Gasteiger partial charge in [-0.1, -0.05) is 0 Å². The summed E-state index contributed by atoms with van der Waals surface area (Å²) in [6.07, 6.45) is 2.20. The number of aromatic nitrogens is 1. The van der Waals surface area contributed by atoms with Gasteiger partial charge in [0, 0.05) is 6.20 Å². The third-order valence-electron chi connectivity index (χ3n) is 1.54. The number of rotatable bonds is 4. The Bertz CT molecular complexity index is 306. The minimum atomic E-state index is -3.25. The molecule has 1 rings (SSSR count). The van der Waals surface area contributed by atoms with Gasteiger partial charge in [0.05, 0.1) is 18.4 Å². The lowest BCUT2D eigenvalue weighted by Crippen LogP contribution is -2.31. The highest BCUT2D eigenvalue weighted by atomic mass is 19.3. The van der Waals surface area contributed by atoms with Gasteiger partial charge in [-0.15, -0.1) is 0 Å². The van der Waals surface area contributed by atoms with Crippen molar-refractivity contribution in [2.45, 2.75) is 5.92 Å². The molecule has 0 bridgehead atoms. The number of aliphatic hydroxyl groups is 1. The molecule has 78 valence electrons. The number of halogens is 3. The highest BCUT2D eigenvalue weighted by Crippen LogP contribution is 2.16. The summed E-state index contributed by atoms with van der Waals surface area (Å²) in [5.74, 6) is -3.96. The molecule has 0 fully saturated rings. The van der Waals surface area contributed by atoms with Crippen molar-refractivity contribution in [3.8, 4) is 0 Å². The van der Waals surface area contributed by atoms with Gasteiger partial charge < -0.3 is 10.4 Å². The third kappa shape index (κ3) is 2.88. The Labute approximate surface area is 78.6 Å². The lowest BCUT2D eigenvalue weighted by atomic mass is 10.3. The average Bonchev–Trinajstić information content (AvgIpc) is 2.17. The maximum atomic E-state index is 12.8. The standard InChI is InChI=1S/C8H9F3N2O/c9-6-3-12-2-1-7(6)13-4-8(10,11)5-14/h1-3,14H,4-5H2,(H,12,13). The van der Waals surface area contributed by atoms with Gasteiger partial charge in [0.15, 0.2) is 5.82 Å². The second-order valence-electron chi connectivity index (χ2n) is 2.72. The first-order valence-electron chi connectivity index (χ1n) is 3.87. The van der Waals surface area contributed by atoms with E-state index in [2.05, 4.69) is 10.3 Å². The van der Waals surface area contributed by atoms with Gasteiger partial charge in [-0.25, -0.2) is 13.2 Å². The number of nitrogens with one attached hydrogen (secondary N) is 1. The van der Waals surface area contributed by atoms with Crippen LogP contribution in [0.4, 0.5) is 18.9 Å². The van der Waals surface area contributed by atoms with E-state index >= 15 is 0 Å². The molecule has 0 saturated heterocycles. The van der Waals surface area contributed by atoms with Crippen LogP contribution in [0, 0.1) is 5.82 Å². The van der Waals surface area contributed by atoms with Gasteiger partial charge in [0.2, 0.25) is 0 Å². The van der Waals surface area contributed by atoms with Gasteiger partial charge in [-0.2, -0.15) is 0 Å². The molecule has 0 aliphatic rings. The molecular weight excluding hydrogens is 197 g/mol. The number of nitrogens with zero attached hydrogens (tertiary/aromatic N) is 1. The molecule has 0 saturated carbocycles. The summed E-state index contributed by atoms with van der Waals surface area (Å²) in [6.45, 7) is -2.09. The van der Waals surface area contributed by atoms with Gasteiger partial charge >= 0.3 is 0 Å². The average molecular weight is 206 g/mol. The smallest absolute Gasteiger partial charge is 0.287 e. The second-order valence-corrected chi connectivity index (χ2v) is 2.72. The summed E-state index contributed by atoms with van der Waals surface area (Å²) in [7, 11) is 0. The zero-order chi connectivity index (χ0) is 10.6. The van der Waals surface area contributed by atoms with E-state index in [9.17, 15) is 13.2 Å². The van der Waals surface area contributed by atoms with Gasteiger partial charge in [-0.05, 0) is 6.07 Å². The fourth-order valence-corrected chi connectivity index (χ4v) is 0.799. The lowest BCUT2D eigenvalue weighted by molar-refractivity contribution is -0.0373. The van der Waals surface area contributed by atoms with Crippen molar-refractivity contribution in [2.75, 3.05) is 18.5 Å². The molecule has 0 spiro atoms. The summed E-state index contributed by atoms with van der Waals surface area (Å²) in [5.41, 5.74) is -0.0619. The largest absolute Gasteiger partial charge is 0.390 e. The number of hydrogen-bond donors (Lipinski definition) is 2. The van der Waals surface area contributed by atoms with Crippen molar-refractivity contribution in [3.05, 3.63) is 24.3 Å². The SMILES string of the molecule is OCC(F)(F)CNc1ccncc1F. The Morgan fingerprint density at radius 2 is 2.21 bits per heavy atom. The third-order valence-corrected chi connectivity index (χ3v) is 1.54. The highest BCUT2D eigenvalue weighted by molar-refractivity contribution is 5.42. The fourth-order valence-electron chi connectivity index (χ4n) is 0.799. The first kappa shape index (κ1) is 10.8. The van der Waals surface area contributed by atoms with Crippen LogP contribution in [0.3, 0.4) is 0 Å². The predicted molar refractivity (Wildman–Crippen MR) is 44.7 cm³/mol. The molecule has 0 aromatic carbocycles. The van der Waals surface area contributed by atoms with E-state index in [1.54, 1.807) is 0 Å². The summed E-state index contributed by atoms with van der Waals surface area (Å²) in [5, 5.41) is 10.4. The molecule has 0 atom stereocenters. The molecule has 0 unspecified atom stereocenters. The number of pyridine rings is 1. The zero-order valence-corrected chi connectivity index (χ0v) is 7.17. The van der Waals surface area contributed by atoms with Crippen molar-refractivity contribution < 1.29 is 18.3 Å². The number of hydrogen-bond acceptors (Lipinski definition) is 3. The molecule has 0 amide bonds. The van der Waals surface area contributed by atoms with Crippen LogP contribution < -0.4 is 5.32 Å². The van der Waals surface area contributed by atoms with Crippen LogP contribution in [0.25, 0.3) is 0 Å². The summed E-state index contributed by atoms with van der Waals surface area (Å²) in [4.78, 5) is 3.46. The molecule has 6 heteroatoms. The highest BCUT2D eigenvalue weighted by Gasteiger charge is 2.27. The van der Waals surface area contributed by atoms with Crippen LogP contribution in [0.1, 0.15) is 0 Å². The first-order chi connectivity index (χ1) is 6.55. The maximum Gasteiger partial charge on any atom is 0.287 e. The van der Waals surface area contributed by atoms with Gasteiger partial charge in [0.1, 0.15) is 6.61 Å². The minimum absolute atomic E-state index is 0.0619. The molecular formula is C8H9F3N2O. The van der Waals surface area contributed by atoms with E-state index in [0.29, 0.717) is 0 Å². The maximum absolute atomic E-state index is 12.8. The summed E-state index contributed by atoms with van der Waals surface area (Å²) >= 11 is 0. The van der Waals surface area contributed by atoms with Crippen LogP contribution in [0.5, 0.6) is 0 Å². The van der Waals surface area contributed by atoms with Crippen LogP contribution in [0.15, 0.2) is 18.5 Å². The Hall–Kier alpha value is -1.30. The molecule has 0 aliphatic heterocycles. The molecule has 1 heterocycles. The van der Waals surface area contributed by atoms with E-state index in [0.717, 1.165) is 6.20 Å². The van der Waals surface area contributed by atoms with E-state index in [-0.39, 0.29) is 5.69 Å². The topological polar surface area (TPSA) is 45.1 Å². The number of anilines is 1. The predicted octanol–water partition coefficient (Wildman–Crippen LogP) is 1.26. The molecule has 0 aliphatic carbocycles. The van der Waals surface area contributed by atoms with Gasteiger partial charge in [-0.3, -0.25) is 4.98 Å². The summed E-state index contributed by atoms with van der Waals surface area (Å²) in [6, 6.07) is 1.24. The van der Waals surface area contributed by atoms with E-state index < -0.39 is 24.9 Å². The quantitative estimate of drug-likeness (QED) is 0.779. The van der Waals surface area contributed by atoms with Crippen molar-refractivity contribution in [1.82, 2.24) is 4.98 Å². The molecule has 1 aromatic rings. The Kier molecular flexibility index (Phi) is 3.29. The van der Waals surface area contributed by atoms with Crippen molar-refractivity contribution >= 4 is 5.69 Å². The molecule has 14 heavy (non-hydrogen) atoms. The van der Waals surface area contributed by atoms with Crippen LogP contribution in [0.2, 0.25) is 0 Å². The minimum Gasteiger partial charge on any atom is -0.390 e. The molecule has 2 N–H and O–H groups in total. The van der Waals surface area contributed by atoms with Crippen LogP contribution in [-0.2, 0) is 0 Å².